The molecule has 2 atom stereocenters. The molecule has 0 spiro atoms. The van der Waals surface area contributed by atoms with Crippen LogP contribution in [-0.4, -0.2) is 31.0 Å². The van der Waals surface area contributed by atoms with Crippen molar-refractivity contribution < 1.29 is 17.9 Å². The van der Waals surface area contributed by atoms with Gasteiger partial charge >= 0.3 is 0 Å². The summed E-state index contributed by atoms with van der Waals surface area (Å²) >= 11 is 0. The minimum atomic E-state index is -3.66. The molecule has 0 bridgehead atoms. The number of aliphatic hydroxyl groups is 1. The van der Waals surface area contributed by atoms with Crippen molar-refractivity contribution in [3.8, 4) is 0 Å². The molecular weight excluding hydrogens is 389 g/mol. The molecule has 0 fully saturated rings. The maximum Gasteiger partial charge on any atom is 0.177 e. The van der Waals surface area contributed by atoms with Gasteiger partial charge in [0, 0.05) is 17.3 Å². The van der Waals surface area contributed by atoms with Crippen molar-refractivity contribution in [3.05, 3.63) is 65.1 Å². The summed E-state index contributed by atoms with van der Waals surface area (Å²) in [7, 11) is -3.66. The molecule has 4 nitrogen and oxygen atoms in total. The molecule has 29 heavy (non-hydrogen) atoms. The second-order valence-corrected chi connectivity index (χ2v) is 9.90. The first-order valence-corrected chi connectivity index (χ1v) is 12.0. The highest BCUT2D eigenvalue weighted by molar-refractivity contribution is 7.91. The van der Waals surface area contributed by atoms with Crippen molar-refractivity contribution in [2.45, 2.75) is 49.5 Å². The largest absolute Gasteiger partial charge is 0.394 e. The van der Waals surface area contributed by atoms with E-state index in [0.717, 1.165) is 54.8 Å². The number of sulfone groups is 1. The van der Waals surface area contributed by atoms with Crippen LogP contribution < -0.4 is 0 Å². The van der Waals surface area contributed by atoms with Gasteiger partial charge in [0.05, 0.1) is 23.1 Å². The molecule has 1 aliphatic rings. The fourth-order valence-electron chi connectivity index (χ4n) is 4.84. The molecule has 0 amide bonds. The molecule has 3 aromatic rings. The SMILES string of the molecule is CC[C@H]1CCCc2c1n([C@@H](CO)c1ccccc1)c1c(S(C)(=O)=O)cc(F)cc21. The molecule has 1 aromatic heterocycles. The quantitative estimate of drug-likeness (QED) is 0.663. The lowest BCUT2D eigenvalue weighted by molar-refractivity contribution is 0.247. The molecule has 1 aliphatic carbocycles. The minimum absolute atomic E-state index is 0.00821. The Labute approximate surface area is 170 Å². The maximum absolute atomic E-state index is 14.5. The first-order chi connectivity index (χ1) is 13.9. The van der Waals surface area contributed by atoms with Gasteiger partial charge in [-0.15, -0.1) is 0 Å². The monoisotopic (exact) mass is 415 g/mol. The first kappa shape index (κ1) is 20.1. The second kappa shape index (κ2) is 7.58. The Morgan fingerprint density at radius 1 is 1.24 bits per heavy atom. The van der Waals surface area contributed by atoms with Gasteiger partial charge in [-0.3, -0.25) is 0 Å². The number of nitrogens with zero attached hydrogens (tertiary/aromatic N) is 1. The van der Waals surface area contributed by atoms with Crippen molar-refractivity contribution in [2.75, 3.05) is 12.9 Å². The number of aromatic nitrogens is 1. The zero-order chi connectivity index (χ0) is 20.8. The van der Waals surface area contributed by atoms with Crippen LogP contribution >= 0.6 is 0 Å². The van der Waals surface area contributed by atoms with E-state index in [0.29, 0.717) is 10.9 Å². The van der Waals surface area contributed by atoms with E-state index in [2.05, 4.69) is 6.92 Å². The molecule has 4 rings (SSSR count). The van der Waals surface area contributed by atoms with E-state index < -0.39 is 21.7 Å². The van der Waals surface area contributed by atoms with Crippen molar-refractivity contribution in [1.82, 2.24) is 4.57 Å². The van der Waals surface area contributed by atoms with Gasteiger partial charge in [0.15, 0.2) is 9.84 Å². The molecule has 154 valence electrons. The van der Waals surface area contributed by atoms with E-state index in [9.17, 15) is 17.9 Å². The highest BCUT2D eigenvalue weighted by Gasteiger charge is 2.33. The summed E-state index contributed by atoms with van der Waals surface area (Å²) < 4.78 is 41.7. The van der Waals surface area contributed by atoms with Crippen molar-refractivity contribution in [3.63, 3.8) is 0 Å². The van der Waals surface area contributed by atoms with Gasteiger partial charge in [0.2, 0.25) is 0 Å². The van der Waals surface area contributed by atoms with E-state index in [1.54, 1.807) is 0 Å². The van der Waals surface area contributed by atoms with E-state index in [1.807, 2.05) is 34.9 Å². The summed E-state index contributed by atoms with van der Waals surface area (Å²) in [5.41, 5.74) is 3.49. The molecule has 1 N–H and O–H groups in total. The number of rotatable bonds is 5. The second-order valence-electron chi connectivity index (χ2n) is 7.91. The van der Waals surface area contributed by atoms with Crippen molar-refractivity contribution in [1.29, 1.82) is 0 Å². The predicted octanol–water partition coefficient (Wildman–Crippen LogP) is 4.60. The fraction of sp³-hybridized carbons (Fsp3) is 0.391. The first-order valence-electron chi connectivity index (χ1n) is 10.1. The maximum atomic E-state index is 14.5. The third-order valence-electron chi connectivity index (χ3n) is 6.10. The molecule has 6 heteroatoms. The minimum Gasteiger partial charge on any atom is -0.394 e. The van der Waals surface area contributed by atoms with Crippen LogP contribution in [0.4, 0.5) is 4.39 Å². The van der Waals surface area contributed by atoms with Crippen LogP contribution in [-0.2, 0) is 16.3 Å². The third-order valence-corrected chi connectivity index (χ3v) is 7.21. The van der Waals surface area contributed by atoms with Gasteiger partial charge in [-0.05, 0) is 54.9 Å². The van der Waals surface area contributed by atoms with E-state index in [1.165, 1.54) is 6.07 Å². The molecule has 0 aliphatic heterocycles. The topological polar surface area (TPSA) is 59.3 Å². The van der Waals surface area contributed by atoms with Crippen LogP contribution in [0.15, 0.2) is 47.4 Å². The third kappa shape index (κ3) is 3.38. The Morgan fingerprint density at radius 3 is 2.59 bits per heavy atom. The molecule has 1 heterocycles. The number of hydrogen-bond acceptors (Lipinski definition) is 3. The fourth-order valence-corrected chi connectivity index (χ4v) is 5.73. The Kier molecular flexibility index (Phi) is 5.25. The Bertz CT molecular complexity index is 1150. The number of aliphatic hydroxyl groups excluding tert-OH is 1. The zero-order valence-corrected chi connectivity index (χ0v) is 17.5. The average Bonchev–Trinajstić information content (AvgIpc) is 3.02. The molecule has 0 saturated carbocycles. The van der Waals surface area contributed by atoms with E-state index >= 15 is 0 Å². The number of hydrogen-bond donors (Lipinski definition) is 1. The molecule has 2 aromatic carbocycles. The highest BCUT2D eigenvalue weighted by Crippen LogP contribution is 2.44. The average molecular weight is 416 g/mol. The van der Waals surface area contributed by atoms with Crippen LogP contribution in [0, 0.1) is 5.82 Å². The summed E-state index contributed by atoms with van der Waals surface area (Å²) in [6, 6.07) is 11.7. The van der Waals surface area contributed by atoms with Gasteiger partial charge in [0.1, 0.15) is 5.82 Å². The van der Waals surface area contributed by atoms with E-state index in [4.69, 9.17) is 0 Å². The standard InChI is InChI=1S/C23H26FNO3S/c1-3-15-10-7-11-18-19-12-17(24)13-21(29(2,27)28)23(19)25(22(15)18)20(14-26)16-8-5-4-6-9-16/h4-6,8-9,12-13,15,20,26H,3,7,10-11,14H2,1-2H3/t15-,20-/m0/s1. The van der Waals surface area contributed by atoms with Gasteiger partial charge in [-0.25, -0.2) is 12.8 Å². The van der Waals surface area contributed by atoms with Crippen molar-refractivity contribution in [2.24, 2.45) is 0 Å². The predicted molar refractivity (Wildman–Crippen MR) is 113 cm³/mol. The summed E-state index contributed by atoms with van der Waals surface area (Å²) in [5.74, 6) is -0.295. The summed E-state index contributed by atoms with van der Waals surface area (Å²) in [5, 5.41) is 11.0. The lowest BCUT2D eigenvalue weighted by atomic mass is 9.85. The van der Waals surface area contributed by atoms with Crippen LogP contribution in [0.5, 0.6) is 0 Å². The van der Waals surface area contributed by atoms with Crippen LogP contribution in [0.3, 0.4) is 0 Å². The van der Waals surface area contributed by atoms with Crippen LogP contribution in [0.25, 0.3) is 10.9 Å². The van der Waals surface area contributed by atoms with Gasteiger partial charge in [0.25, 0.3) is 0 Å². The summed E-state index contributed by atoms with van der Waals surface area (Å²) in [6.07, 6.45) is 4.81. The lowest BCUT2D eigenvalue weighted by Gasteiger charge is -2.29. The molecule has 0 radical (unpaired) electrons. The summed E-state index contributed by atoms with van der Waals surface area (Å²) in [6.45, 7) is 1.95. The number of aryl methyl sites for hydroxylation is 1. The number of benzene rings is 2. The number of halogens is 1. The lowest BCUT2D eigenvalue weighted by Crippen LogP contribution is -2.21. The summed E-state index contributed by atoms with van der Waals surface area (Å²) in [4.78, 5) is -0.00821. The van der Waals surface area contributed by atoms with Crippen LogP contribution in [0.1, 0.15) is 55.0 Å². The Morgan fingerprint density at radius 2 is 1.97 bits per heavy atom. The highest BCUT2D eigenvalue weighted by atomic mass is 32.2. The van der Waals surface area contributed by atoms with Crippen LogP contribution in [0.2, 0.25) is 0 Å². The normalized spacial score (nSPS) is 18.0. The van der Waals surface area contributed by atoms with Gasteiger partial charge < -0.3 is 9.67 Å². The molecular formula is C23H26FNO3S. The Hall–Kier alpha value is -2.18. The number of fused-ring (bicyclic) bond motifs is 3. The molecule has 0 saturated heterocycles. The zero-order valence-electron chi connectivity index (χ0n) is 16.7. The molecule has 0 unspecified atom stereocenters. The Balaban J connectivity index is 2.17. The van der Waals surface area contributed by atoms with Gasteiger partial charge in [-0.2, -0.15) is 0 Å². The van der Waals surface area contributed by atoms with Crippen molar-refractivity contribution >= 4 is 20.7 Å². The smallest absolute Gasteiger partial charge is 0.177 e. The van der Waals surface area contributed by atoms with Gasteiger partial charge in [-0.1, -0.05) is 37.3 Å². The van der Waals surface area contributed by atoms with E-state index in [-0.39, 0.29) is 17.4 Å².